The van der Waals surface area contributed by atoms with Gasteiger partial charge in [-0.15, -0.1) is 11.3 Å². The molecule has 3 heterocycles. The van der Waals surface area contributed by atoms with Crippen molar-refractivity contribution in [2.45, 2.75) is 0 Å². The van der Waals surface area contributed by atoms with Gasteiger partial charge in [-0.2, -0.15) is 0 Å². The minimum atomic E-state index is 1.00. The van der Waals surface area contributed by atoms with Crippen LogP contribution in [0.25, 0.3) is 81.5 Å². The van der Waals surface area contributed by atoms with Gasteiger partial charge in [-0.3, -0.25) is 4.40 Å². The molecule has 44 heavy (non-hydrogen) atoms. The van der Waals surface area contributed by atoms with Crippen LogP contribution in [0.15, 0.2) is 158 Å². The van der Waals surface area contributed by atoms with Gasteiger partial charge in [0.05, 0.1) is 16.6 Å². The predicted octanol–water partition coefficient (Wildman–Crippen LogP) is 11.5. The van der Waals surface area contributed by atoms with Crippen LogP contribution in [-0.2, 0) is 0 Å². The molecular weight excluding hydrogens is 553 g/mol. The molecule has 0 aliphatic heterocycles. The van der Waals surface area contributed by atoms with E-state index in [2.05, 4.69) is 162 Å². The molecule has 0 fully saturated rings. The third-order valence-electron chi connectivity index (χ3n) is 8.64. The Morgan fingerprint density at radius 3 is 1.66 bits per heavy atom. The van der Waals surface area contributed by atoms with Crippen LogP contribution < -0.4 is 0 Å². The van der Waals surface area contributed by atoms with Crippen molar-refractivity contribution in [1.29, 1.82) is 0 Å². The van der Waals surface area contributed by atoms with Gasteiger partial charge in [0.2, 0.25) is 0 Å². The van der Waals surface area contributed by atoms with Crippen LogP contribution >= 0.6 is 11.3 Å². The summed E-state index contributed by atoms with van der Waals surface area (Å²) in [4.78, 5) is 7.63. The lowest BCUT2D eigenvalue weighted by Crippen LogP contribution is -1.92. The van der Waals surface area contributed by atoms with Gasteiger partial charge in [-0.1, -0.05) is 127 Å². The number of benzene rings is 6. The van der Waals surface area contributed by atoms with E-state index in [-0.39, 0.29) is 0 Å². The molecule has 0 amide bonds. The molecule has 9 aromatic rings. The summed E-state index contributed by atoms with van der Waals surface area (Å²) in [5, 5.41) is 3.64. The fourth-order valence-corrected chi connectivity index (χ4v) is 7.44. The Balaban J connectivity index is 1.07. The standard InChI is InChI=1S/C41H26N2S/c1-2-8-30(9-3-1)39-24-25-40(44-39)31-20-18-28(19-21-31)27-14-16-29(17-15-27)32-22-23-34-33-10-4-5-11-35(33)41-42-36-12-6-7-13-37(36)43(41)38(34)26-32/h1-26H. The average molecular weight is 579 g/mol. The second-order valence-corrected chi connectivity index (χ2v) is 12.3. The highest BCUT2D eigenvalue weighted by atomic mass is 32.1. The molecule has 9 rings (SSSR count). The van der Waals surface area contributed by atoms with Gasteiger partial charge >= 0.3 is 0 Å². The zero-order valence-corrected chi connectivity index (χ0v) is 24.6. The first-order valence-corrected chi connectivity index (χ1v) is 15.7. The lowest BCUT2D eigenvalue weighted by atomic mass is 9.97. The van der Waals surface area contributed by atoms with E-state index in [4.69, 9.17) is 4.98 Å². The number of aromatic nitrogens is 2. The molecule has 3 aromatic heterocycles. The first kappa shape index (κ1) is 25.0. The molecule has 6 aromatic carbocycles. The molecule has 206 valence electrons. The third kappa shape index (κ3) is 4.05. The highest BCUT2D eigenvalue weighted by Gasteiger charge is 2.14. The number of hydrogen-bond acceptors (Lipinski definition) is 2. The summed E-state index contributed by atoms with van der Waals surface area (Å²) in [6.07, 6.45) is 0. The summed E-state index contributed by atoms with van der Waals surface area (Å²) in [7, 11) is 0. The second-order valence-electron chi connectivity index (χ2n) is 11.2. The SMILES string of the molecule is c1ccc(-c2ccc(-c3ccc(-c4ccc(-c5ccc6c7ccccc7c7nc8ccccc8n7c6c5)cc4)cc3)s2)cc1. The Bertz CT molecular complexity index is 2470. The quantitative estimate of drug-likeness (QED) is 0.190. The first-order chi connectivity index (χ1) is 21.8. The zero-order chi connectivity index (χ0) is 29.0. The normalized spacial score (nSPS) is 11.6. The smallest absolute Gasteiger partial charge is 0.146 e. The molecule has 2 nitrogen and oxygen atoms in total. The fraction of sp³-hybridized carbons (Fsp3) is 0. The molecule has 0 spiro atoms. The first-order valence-electron chi connectivity index (χ1n) is 14.9. The molecule has 0 atom stereocenters. The van der Waals surface area contributed by atoms with Gasteiger partial charge in [-0.05, 0) is 69.1 Å². The third-order valence-corrected chi connectivity index (χ3v) is 9.83. The number of para-hydroxylation sites is 2. The monoisotopic (exact) mass is 578 g/mol. The van der Waals surface area contributed by atoms with Gasteiger partial charge in [0.1, 0.15) is 5.65 Å². The Morgan fingerprint density at radius 2 is 0.932 bits per heavy atom. The molecule has 0 saturated heterocycles. The molecule has 3 heteroatoms. The molecule has 0 radical (unpaired) electrons. The predicted molar refractivity (Wildman–Crippen MR) is 187 cm³/mol. The molecule has 0 saturated carbocycles. The van der Waals surface area contributed by atoms with Gasteiger partial charge in [0.15, 0.2) is 0 Å². The summed E-state index contributed by atoms with van der Waals surface area (Å²) in [5.41, 5.74) is 11.7. The molecule has 0 aliphatic carbocycles. The van der Waals surface area contributed by atoms with Crippen LogP contribution in [0.5, 0.6) is 0 Å². The van der Waals surface area contributed by atoms with Crippen molar-refractivity contribution in [2.24, 2.45) is 0 Å². The van der Waals surface area contributed by atoms with Crippen LogP contribution in [0.1, 0.15) is 0 Å². The van der Waals surface area contributed by atoms with Crippen LogP contribution in [0.4, 0.5) is 0 Å². The molecular formula is C41H26N2S. The van der Waals surface area contributed by atoms with Gasteiger partial charge < -0.3 is 0 Å². The van der Waals surface area contributed by atoms with Gasteiger partial charge in [0.25, 0.3) is 0 Å². The van der Waals surface area contributed by atoms with Gasteiger partial charge in [0, 0.05) is 20.5 Å². The lowest BCUT2D eigenvalue weighted by Gasteiger charge is -2.11. The fourth-order valence-electron chi connectivity index (χ4n) is 6.42. The van der Waals surface area contributed by atoms with Crippen molar-refractivity contribution < 1.29 is 0 Å². The molecule has 0 bridgehead atoms. The highest BCUT2D eigenvalue weighted by Crippen LogP contribution is 2.37. The number of fused-ring (bicyclic) bond motifs is 8. The van der Waals surface area contributed by atoms with Crippen molar-refractivity contribution in [3.8, 4) is 43.1 Å². The number of pyridine rings is 1. The maximum Gasteiger partial charge on any atom is 0.146 e. The minimum absolute atomic E-state index is 1.00. The van der Waals surface area contributed by atoms with Gasteiger partial charge in [-0.25, -0.2) is 4.98 Å². The number of thiophene rings is 1. The average Bonchev–Trinajstić information content (AvgIpc) is 3.75. The minimum Gasteiger partial charge on any atom is -0.292 e. The maximum absolute atomic E-state index is 5.05. The summed E-state index contributed by atoms with van der Waals surface area (Å²) < 4.78 is 2.32. The highest BCUT2D eigenvalue weighted by molar-refractivity contribution is 7.18. The topological polar surface area (TPSA) is 17.3 Å². The largest absolute Gasteiger partial charge is 0.292 e. The Morgan fingerprint density at radius 1 is 0.386 bits per heavy atom. The summed E-state index contributed by atoms with van der Waals surface area (Å²) in [5.74, 6) is 0. The van der Waals surface area contributed by atoms with E-state index >= 15 is 0 Å². The molecule has 0 aliphatic rings. The summed E-state index contributed by atoms with van der Waals surface area (Å²) in [6, 6.07) is 56.7. The van der Waals surface area contributed by atoms with E-state index in [0.29, 0.717) is 0 Å². The number of nitrogens with zero attached hydrogens (tertiary/aromatic N) is 2. The van der Waals surface area contributed by atoms with E-state index in [1.165, 1.54) is 64.8 Å². The van der Waals surface area contributed by atoms with E-state index < -0.39 is 0 Å². The maximum atomic E-state index is 5.05. The van der Waals surface area contributed by atoms with Crippen LogP contribution in [0, 0.1) is 0 Å². The Kier molecular flexibility index (Phi) is 5.71. The van der Waals surface area contributed by atoms with Crippen molar-refractivity contribution in [1.82, 2.24) is 9.38 Å². The van der Waals surface area contributed by atoms with E-state index in [9.17, 15) is 0 Å². The number of hydrogen-bond donors (Lipinski definition) is 0. The van der Waals surface area contributed by atoms with Crippen molar-refractivity contribution >= 4 is 49.7 Å². The lowest BCUT2D eigenvalue weighted by molar-refractivity contribution is 1.31. The van der Waals surface area contributed by atoms with Crippen LogP contribution in [0.3, 0.4) is 0 Å². The molecule has 0 unspecified atom stereocenters. The van der Waals surface area contributed by atoms with E-state index in [1.807, 2.05) is 11.3 Å². The Hall–Kier alpha value is -5.51. The van der Waals surface area contributed by atoms with Crippen molar-refractivity contribution in [3.05, 3.63) is 158 Å². The van der Waals surface area contributed by atoms with Crippen LogP contribution in [0.2, 0.25) is 0 Å². The number of rotatable bonds is 4. The summed E-state index contributed by atoms with van der Waals surface area (Å²) >= 11 is 1.84. The van der Waals surface area contributed by atoms with E-state index in [1.54, 1.807) is 0 Å². The zero-order valence-electron chi connectivity index (χ0n) is 23.8. The number of imidazole rings is 1. The second kappa shape index (κ2) is 10.0. The van der Waals surface area contributed by atoms with E-state index in [0.717, 1.165) is 16.7 Å². The Labute approximate surface area is 259 Å². The molecule has 0 N–H and O–H groups in total. The van der Waals surface area contributed by atoms with Crippen molar-refractivity contribution in [3.63, 3.8) is 0 Å². The van der Waals surface area contributed by atoms with Crippen molar-refractivity contribution in [2.75, 3.05) is 0 Å². The summed E-state index contributed by atoms with van der Waals surface area (Å²) in [6.45, 7) is 0. The van der Waals surface area contributed by atoms with Crippen LogP contribution in [-0.4, -0.2) is 9.38 Å².